The van der Waals surface area contributed by atoms with E-state index in [2.05, 4.69) is 31.0 Å². The van der Waals surface area contributed by atoms with Crippen LogP contribution in [0.25, 0.3) is 0 Å². The Bertz CT molecular complexity index is 339. The molecule has 0 aliphatic heterocycles. The predicted octanol–water partition coefficient (Wildman–Crippen LogP) is 3.29. The van der Waals surface area contributed by atoms with Gasteiger partial charge in [0.05, 0.1) is 0 Å². The third kappa shape index (κ3) is 5.50. The van der Waals surface area contributed by atoms with Crippen LogP contribution in [0.1, 0.15) is 27.2 Å². The molecule has 1 aromatic carbocycles. The van der Waals surface area contributed by atoms with Crippen molar-refractivity contribution < 1.29 is 4.39 Å². The van der Waals surface area contributed by atoms with E-state index >= 15 is 0 Å². The standard InChI is InChI=1S/C15H25FN2/c1-4-18(10-6-9-17-12-13(2)3)15-8-5-7-14(16)11-15/h5,7-8,11,13,17H,4,6,9-10,12H2,1-3H3. The second kappa shape index (κ2) is 8.09. The molecule has 2 nitrogen and oxygen atoms in total. The first-order valence-electron chi connectivity index (χ1n) is 6.84. The molecule has 3 heteroatoms. The van der Waals surface area contributed by atoms with Crippen LogP contribution in [0.2, 0.25) is 0 Å². The van der Waals surface area contributed by atoms with Gasteiger partial charge in [0, 0.05) is 18.8 Å². The van der Waals surface area contributed by atoms with Crippen molar-refractivity contribution >= 4 is 5.69 Å². The number of nitrogens with zero attached hydrogens (tertiary/aromatic N) is 1. The van der Waals surface area contributed by atoms with Crippen LogP contribution in [0.3, 0.4) is 0 Å². The summed E-state index contributed by atoms with van der Waals surface area (Å²) in [7, 11) is 0. The fourth-order valence-electron chi connectivity index (χ4n) is 1.93. The van der Waals surface area contributed by atoms with Crippen molar-refractivity contribution in [2.45, 2.75) is 27.2 Å². The Morgan fingerprint density at radius 1 is 1.33 bits per heavy atom. The molecular formula is C15H25FN2. The molecular weight excluding hydrogens is 227 g/mol. The summed E-state index contributed by atoms with van der Waals surface area (Å²) >= 11 is 0. The Hall–Kier alpha value is -1.09. The van der Waals surface area contributed by atoms with E-state index < -0.39 is 0 Å². The highest BCUT2D eigenvalue weighted by molar-refractivity contribution is 5.46. The lowest BCUT2D eigenvalue weighted by atomic mass is 10.2. The van der Waals surface area contributed by atoms with Crippen LogP contribution in [0.4, 0.5) is 10.1 Å². The maximum atomic E-state index is 13.2. The molecule has 1 N–H and O–H groups in total. The minimum absolute atomic E-state index is 0.163. The van der Waals surface area contributed by atoms with Gasteiger partial charge in [0.1, 0.15) is 5.82 Å². The maximum absolute atomic E-state index is 13.2. The van der Waals surface area contributed by atoms with Gasteiger partial charge in [0.25, 0.3) is 0 Å². The first kappa shape index (κ1) is 15.0. The summed E-state index contributed by atoms with van der Waals surface area (Å²) in [6.07, 6.45) is 1.08. The van der Waals surface area contributed by atoms with Crippen LogP contribution in [0, 0.1) is 11.7 Å². The Morgan fingerprint density at radius 2 is 2.11 bits per heavy atom. The van der Waals surface area contributed by atoms with Crippen molar-refractivity contribution in [2.75, 3.05) is 31.1 Å². The minimum atomic E-state index is -0.163. The summed E-state index contributed by atoms with van der Waals surface area (Å²) in [4.78, 5) is 2.21. The van der Waals surface area contributed by atoms with Crippen molar-refractivity contribution in [1.82, 2.24) is 5.32 Å². The highest BCUT2D eigenvalue weighted by Gasteiger charge is 2.04. The van der Waals surface area contributed by atoms with E-state index in [1.165, 1.54) is 6.07 Å². The van der Waals surface area contributed by atoms with Gasteiger partial charge in [-0.2, -0.15) is 0 Å². The molecule has 0 aromatic heterocycles. The Kier molecular flexibility index (Phi) is 6.73. The van der Waals surface area contributed by atoms with E-state index in [4.69, 9.17) is 0 Å². The van der Waals surface area contributed by atoms with Gasteiger partial charge in [0.2, 0.25) is 0 Å². The smallest absolute Gasteiger partial charge is 0.125 e. The highest BCUT2D eigenvalue weighted by atomic mass is 19.1. The quantitative estimate of drug-likeness (QED) is 0.714. The van der Waals surface area contributed by atoms with Gasteiger partial charge in [-0.3, -0.25) is 0 Å². The summed E-state index contributed by atoms with van der Waals surface area (Å²) in [6, 6.07) is 6.82. The lowest BCUT2D eigenvalue weighted by Crippen LogP contribution is -2.28. The van der Waals surface area contributed by atoms with Crippen LogP contribution >= 0.6 is 0 Å². The number of benzene rings is 1. The zero-order valence-electron chi connectivity index (χ0n) is 11.7. The van der Waals surface area contributed by atoms with Gasteiger partial charge >= 0.3 is 0 Å². The molecule has 0 bridgehead atoms. The van der Waals surface area contributed by atoms with E-state index in [1.54, 1.807) is 12.1 Å². The zero-order chi connectivity index (χ0) is 13.4. The monoisotopic (exact) mass is 252 g/mol. The molecule has 0 aliphatic carbocycles. The molecule has 0 heterocycles. The SMILES string of the molecule is CCN(CCCNCC(C)C)c1cccc(F)c1. The Balaban J connectivity index is 2.34. The van der Waals surface area contributed by atoms with Gasteiger partial charge in [0.15, 0.2) is 0 Å². The molecule has 0 saturated carbocycles. The van der Waals surface area contributed by atoms with E-state index in [-0.39, 0.29) is 5.82 Å². The zero-order valence-corrected chi connectivity index (χ0v) is 11.7. The van der Waals surface area contributed by atoms with Crippen LogP contribution in [-0.2, 0) is 0 Å². The predicted molar refractivity (Wildman–Crippen MR) is 76.6 cm³/mol. The average Bonchev–Trinajstić information content (AvgIpc) is 2.33. The lowest BCUT2D eigenvalue weighted by molar-refractivity contribution is 0.541. The highest BCUT2D eigenvalue weighted by Crippen LogP contribution is 2.15. The topological polar surface area (TPSA) is 15.3 Å². The van der Waals surface area contributed by atoms with E-state index in [1.807, 2.05) is 6.07 Å². The summed E-state index contributed by atoms with van der Waals surface area (Å²) in [5.74, 6) is 0.527. The molecule has 0 saturated heterocycles. The first-order chi connectivity index (χ1) is 8.63. The molecule has 0 unspecified atom stereocenters. The molecule has 0 spiro atoms. The lowest BCUT2D eigenvalue weighted by Gasteiger charge is -2.23. The van der Waals surface area contributed by atoms with Crippen molar-refractivity contribution in [3.05, 3.63) is 30.1 Å². The fraction of sp³-hybridized carbons (Fsp3) is 0.600. The van der Waals surface area contributed by atoms with Crippen molar-refractivity contribution in [1.29, 1.82) is 0 Å². The maximum Gasteiger partial charge on any atom is 0.125 e. The van der Waals surface area contributed by atoms with Crippen molar-refractivity contribution in [3.8, 4) is 0 Å². The summed E-state index contributed by atoms with van der Waals surface area (Å²) in [5.41, 5.74) is 0.973. The second-order valence-electron chi connectivity index (χ2n) is 5.01. The molecule has 0 aliphatic rings. The summed E-state index contributed by atoms with van der Waals surface area (Å²) in [6.45, 7) is 10.5. The van der Waals surface area contributed by atoms with Crippen LogP contribution in [0.15, 0.2) is 24.3 Å². The average molecular weight is 252 g/mol. The Labute approximate surface area is 110 Å². The third-order valence-electron chi connectivity index (χ3n) is 2.89. The fourth-order valence-corrected chi connectivity index (χ4v) is 1.93. The molecule has 0 fully saturated rings. The molecule has 0 amide bonds. The number of rotatable bonds is 8. The van der Waals surface area contributed by atoms with Crippen LogP contribution in [0.5, 0.6) is 0 Å². The van der Waals surface area contributed by atoms with Crippen LogP contribution in [-0.4, -0.2) is 26.2 Å². The Morgan fingerprint density at radius 3 is 2.72 bits per heavy atom. The molecule has 102 valence electrons. The number of halogens is 1. The van der Waals surface area contributed by atoms with E-state index in [0.717, 1.165) is 38.3 Å². The molecule has 18 heavy (non-hydrogen) atoms. The third-order valence-corrected chi connectivity index (χ3v) is 2.89. The summed E-state index contributed by atoms with van der Waals surface area (Å²) in [5, 5.41) is 3.43. The van der Waals surface area contributed by atoms with E-state index in [0.29, 0.717) is 5.92 Å². The normalized spacial score (nSPS) is 10.9. The molecule has 0 atom stereocenters. The molecule has 1 rings (SSSR count). The van der Waals surface area contributed by atoms with Gasteiger partial charge in [-0.15, -0.1) is 0 Å². The largest absolute Gasteiger partial charge is 0.372 e. The van der Waals surface area contributed by atoms with Gasteiger partial charge < -0.3 is 10.2 Å². The van der Waals surface area contributed by atoms with Gasteiger partial charge in [-0.25, -0.2) is 4.39 Å². The van der Waals surface area contributed by atoms with Crippen molar-refractivity contribution in [2.24, 2.45) is 5.92 Å². The van der Waals surface area contributed by atoms with E-state index in [9.17, 15) is 4.39 Å². The second-order valence-corrected chi connectivity index (χ2v) is 5.01. The number of nitrogens with one attached hydrogen (secondary N) is 1. The van der Waals surface area contributed by atoms with Gasteiger partial charge in [-0.1, -0.05) is 19.9 Å². The number of hydrogen-bond donors (Lipinski definition) is 1. The number of anilines is 1. The molecule has 0 radical (unpaired) electrons. The van der Waals surface area contributed by atoms with Crippen molar-refractivity contribution in [3.63, 3.8) is 0 Å². The summed E-state index contributed by atoms with van der Waals surface area (Å²) < 4.78 is 13.2. The number of hydrogen-bond acceptors (Lipinski definition) is 2. The first-order valence-corrected chi connectivity index (χ1v) is 6.84. The van der Waals surface area contributed by atoms with Gasteiger partial charge in [-0.05, 0) is 50.6 Å². The minimum Gasteiger partial charge on any atom is -0.372 e. The molecule has 1 aromatic rings. The van der Waals surface area contributed by atoms with Crippen LogP contribution < -0.4 is 10.2 Å².